The number of benzene rings is 2. The minimum Gasteiger partial charge on any atom is -0.454 e. The Morgan fingerprint density at radius 2 is 1.97 bits per heavy atom. The van der Waals surface area contributed by atoms with E-state index >= 15 is 0 Å². The number of halogens is 1. The van der Waals surface area contributed by atoms with Crippen LogP contribution in [0.4, 0.5) is 5.82 Å². The number of nitrogens with zero attached hydrogens (tertiary/aromatic N) is 3. The Hall–Kier alpha value is -3.21. The largest absolute Gasteiger partial charge is 0.454 e. The van der Waals surface area contributed by atoms with Crippen molar-refractivity contribution >= 4 is 41.0 Å². The van der Waals surface area contributed by atoms with Crippen molar-refractivity contribution in [1.82, 2.24) is 15.1 Å². The quantitative estimate of drug-likeness (QED) is 0.418. The van der Waals surface area contributed by atoms with Crippen molar-refractivity contribution in [2.75, 3.05) is 44.3 Å². The molecule has 0 bridgehead atoms. The molecule has 3 heterocycles. The Balaban J connectivity index is 1.72. The van der Waals surface area contributed by atoms with E-state index in [1.54, 1.807) is 17.9 Å². The normalized spacial score (nSPS) is 16.7. The number of nitrogens with one attached hydrogen (secondary N) is 1. The van der Waals surface area contributed by atoms with Crippen molar-refractivity contribution < 1.29 is 23.8 Å². The van der Waals surface area contributed by atoms with Gasteiger partial charge in [-0.1, -0.05) is 50.6 Å². The fraction of sp³-hybridized carbons (Fsp3) is 0.393. The van der Waals surface area contributed by atoms with Gasteiger partial charge in [0, 0.05) is 24.6 Å². The number of carbonyl (C=O) groups is 2. The molecule has 1 N–H and O–H groups in total. The number of para-hydroxylation sites is 1. The number of hydrogen-bond donors (Lipinski definition) is 1. The van der Waals surface area contributed by atoms with Crippen molar-refractivity contribution in [1.29, 1.82) is 0 Å². The molecule has 9 nitrogen and oxygen atoms in total. The van der Waals surface area contributed by atoms with E-state index in [0.717, 1.165) is 16.8 Å². The van der Waals surface area contributed by atoms with Crippen molar-refractivity contribution in [3.8, 4) is 17.2 Å². The molecule has 11 heteroatoms. The molecule has 2 aromatic carbocycles. The van der Waals surface area contributed by atoms with Crippen molar-refractivity contribution in [3.05, 3.63) is 64.3 Å². The van der Waals surface area contributed by atoms with Gasteiger partial charge in [0.05, 0.1) is 34.0 Å². The summed E-state index contributed by atoms with van der Waals surface area (Å²) >= 11 is 8.17. The molecule has 0 saturated heterocycles. The van der Waals surface area contributed by atoms with E-state index in [4.69, 9.17) is 30.9 Å². The molecular weight excluding hydrogens is 540 g/mol. The SMILES string of the molecule is COCCNC(=O)CN1C(=O)CS[C@H](c2ccc3c(c2)OCO3)c2c(C(C)(C)C)nn(-c3ccccc3Cl)c21. The lowest BCUT2D eigenvalue weighted by Gasteiger charge is -2.24. The van der Waals surface area contributed by atoms with Gasteiger partial charge in [-0.2, -0.15) is 5.10 Å². The number of aromatic nitrogens is 2. The number of rotatable bonds is 7. The van der Waals surface area contributed by atoms with Gasteiger partial charge in [0.25, 0.3) is 0 Å². The third-order valence-corrected chi connectivity index (χ3v) is 8.08. The summed E-state index contributed by atoms with van der Waals surface area (Å²) in [6, 6.07) is 13.2. The van der Waals surface area contributed by atoms with Gasteiger partial charge in [-0.25, -0.2) is 4.68 Å². The van der Waals surface area contributed by atoms with Crippen LogP contribution in [-0.2, 0) is 19.7 Å². The monoisotopic (exact) mass is 570 g/mol. The molecule has 0 aliphatic carbocycles. The van der Waals surface area contributed by atoms with Gasteiger partial charge < -0.3 is 19.5 Å². The molecule has 2 aliphatic rings. The van der Waals surface area contributed by atoms with E-state index in [0.29, 0.717) is 41.2 Å². The van der Waals surface area contributed by atoms with Crippen LogP contribution in [0.15, 0.2) is 42.5 Å². The van der Waals surface area contributed by atoms with Crippen molar-refractivity contribution in [2.45, 2.75) is 31.4 Å². The molecule has 2 amide bonds. The average Bonchev–Trinajstić information content (AvgIpc) is 3.49. The number of ether oxygens (including phenoxy) is 3. The Labute approximate surface area is 236 Å². The number of anilines is 1. The predicted octanol–water partition coefficient (Wildman–Crippen LogP) is 4.48. The first kappa shape index (κ1) is 27.4. The second-order valence-electron chi connectivity index (χ2n) is 10.3. The Morgan fingerprint density at radius 3 is 2.72 bits per heavy atom. The molecule has 1 atom stereocenters. The van der Waals surface area contributed by atoms with Gasteiger partial charge in [0.15, 0.2) is 11.5 Å². The van der Waals surface area contributed by atoms with E-state index in [2.05, 4.69) is 26.1 Å². The number of methoxy groups -OCH3 is 1. The molecule has 3 aromatic rings. The maximum absolute atomic E-state index is 13.7. The summed E-state index contributed by atoms with van der Waals surface area (Å²) in [6.07, 6.45) is 0. The van der Waals surface area contributed by atoms with E-state index < -0.39 is 0 Å². The fourth-order valence-electron chi connectivity index (χ4n) is 4.70. The van der Waals surface area contributed by atoms with Gasteiger partial charge in [-0.15, -0.1) is 11.8 Å². The molecule has 0 fully saturated rings. The third kappa shape index (κ3) is 5.46. The van der Waals surface area contributed by atoms with Gasteiger partial charge >= 0.3 is 0 Å². The van der Waals surface area contributed by atoms with Crippen LogP contribution in [0.2, 0.25) is 5.02 Å². The van der Waals surface area contributed by atoms with Crippen LogP contribution in [0.5, 0.6) is 11.5 Å². The zero-order chi connectivity index (χ0) is 27.7. The van der Waals surface area contributed by atoms with Crippen molar-refractivity contribution in [2.24, 2.45) is 0 Å². The number of thioether (sulfide) groups is 1. The molecule has 2 aliphatic heterocycles. The van der Waals surface area contributed by atoms with E-state index in [1.165, 1.54) is 16.7 Å². The van der Waals surface area contributed by atoms with Crippen LogP contribution in [-0.4, -0.2) is 60.9 Å². The number of amides is 2. The van der Waals surface area contributed by atoms with Crippen LogP contribution in [0.3, 0.4) is 0 Å². The molecule has 1 aromatic heterocycles. The minimum atomic E-state index is -0.383. The number of carbonyl (C=O) groups excluding carboxylic acids is 2. The summed E-state index contributed by atoms with van der Waals surface area (Å²) in [5.74, 6) is 1.57. The lowest BCUT2D eigenvalue weighted by atomic mass is 9.87. The first-order valence-corrected chi connectivity index (χ1v) is 14.1. The van der Waals surface area contributed by atoms with Gasteiger partial charge in [-0.05, 0) is 29.8 Å². The second kappa shape index (κ2) is 11.1. The minimum absolute atomic E-state index is 0.163. The Bertz CT molecular complexity index is 1400. The molecular formula is C28H31ClN4O5S. The highest BCUT2D eigenvalue weighted by Gasteiger charge is 2.40. The summed E-state index contributed by atoms with van der Waals surface area (Å²) in [5, 5.41) is 8.12. The van der Waals surface area contributed by atoms with E-state index in [9.17, 15) is 9.59 Å². The summed E-state index contributed by atoms with van der Waals surface area (Å²) < 4.78 is 18.0. The average molecular weight is 571 g/mol. The lowest BCUT2D eigenvalue weighted by Crippen LogP contribution is -2.43. The first-order chi connectivity index (χ1) is 18.7. The molecule has 0 spiro atoms. The van der Waals surface area contributed by atoms with Crippen LogP contribution in [0.25, 0.3) is 5.69 Å². The molecule has 39 heavy (non-hydrogen) atoms. The maximum atomic E-state index is 13.7. The molecule has 0 radical (unpaired) electrons. The summed E-state index contributed by atoms with van der Waals surface area (Å²) in [4.78, 5) is 28.2. The van der Waals surface area contributed by atoms with Crippen LogP contribution >= 0.6 is 23.4 Å². The standard InChI is InChI=1S/C28H31ClN4O5S/c1-28(2,3)26-24-25(17-9-10-20-21(13-17)38-16-37-20)39-15-23(35)32(14-22(34)30-11-12-36-4)27(24)33(31-26)19-8-6-5-7-18(19)29/h5-10,13,25H,11-12,14-16H2,1-4H3,(H,30,34)/t25-/m1/s1. The van der Waals surface area contributed by atoms with Gasteiger partial charge in [-0.3, -0.25) is 14.5 Å². The molecule has 0 saturated carbocycles. The zero-order valence-corrected chi connectivity index (χ0v) is 23.9. The molecule has 0 unspecified atom stereocenters. The van der Waals surface area contributed by atoms with Gasteiger partial charge in [0.1, 0.15) is 12.4 Å². The highest BCUT2D eigenvalue weighted by Crippen LogP contribution is 2.50. The third-order valence-electron chi connectivity index (χ3n) is 6.51. The van der Waals surface area contributed by atoms with Crippen molar-refractivity contribution in [3.63, 3.8) is 0 Å². The summed E-state index contributed by atoms with van der Waals surface area (Å²) in [6.45, 7) is 6.98. The fourth-order valence-corrected chi connectivity index (χ4v) is 6.10. The number of hydrogen-bond acceptors (Lipinski definition) is 7. The van der Waals surface area contributed by atoms with Crippen LogP contribution in [0, 0.1) is 0 Å². The van der Waals surface area contributed by atoms with E-state index in [-0.39, 0.29) is 41.6 Å². The van der Waals surface area contributed by atoms with Crippen LogP contribution in [0.1, 0.15) is 42.8 Å². The molecule has 5 rings (SSSR count). The zero-order valence-electron chi connectivity index (χ0n) is 22.3. The Morgan fingerprint density at radius 1 is 1.21 bits per heavy atom. The van der Waals surface area contributed by atoms with Crippen LogP contribution < -0.4 is 19.7 Å². The first-order valence-electron chi connectivity index (χ1n) is 12.6. The highest BCUT2D eigenvalue weighted by atomic mass is 35.5. The maximum Gasteiger partial charge on any atom is 0.240 e. The number of fused-ring (bicyclic) bond motifs is 2. The second-order valence-corrected chi connectivity index (χ2v) is 11.8. The lowest BCUT2D eigenvalue weighted by molar-refractivity contribution is -0.123. The highest BCUT2D eigenvalue weighted by molar-refractivity contribution is 8.00. The predicted molar refractivity (Wildman–Crippen MR) is 151 cm³/mol. The smallest absolute Gasteiger partial charge is 0.240 e. The summed E-state index contributed by atoms with van der Waals surface area (Å²) in [7, 11) is 1.57. The van der Waals surface area contributed by atoms with E-state index in [1.807, 2.05) is 36.4 Å². The van der Waals surface area contributed by atoms with Gasteiger partial charge in [0.2, 0.25) is 18.6 Å². The molecule has 206 valence electrons. The summed E-state index contributed by atoms with van der Waals surface area (Å²) in [5.41, 5.74) is 2.87. The Kier molecular flexibility index (Phi) is 7.80. The topological polar surface area (TPSA) is 94.9 Å².